The summed E-state index contributed by atoms with van der Waals surface area (Å²) in [4.78, 5) is 12.3. The summed E-state index contributed by atoms with van der Waals surface area (Å²) >= 11 is 12.2. The summed E-state index contributed by atoms with van der Waals surface area (Å²) in [5.41, 5.74) is 1.95. The van der Waals surface area contributed by atoms with E-state index in [2.05, 4.69) is 18.3 Å². The van der Waals surface area contributed by atoms with Crippen molar-refractivity contribution in [3.05, 3.63) is 51.5 Å². The number of unbranched alkanes of at least 4 members (excludes halogenated alkanes) is 8. The van der Waals surface area contributed by atoms with Gasteiger partial charge >= 0.3 is 0 Å². The van der Waals surface area contributed by atoms with Gasteiger partial charge in [-0.05, 0) is 43.0 Å². The minimum atomic E-state index is -0.280. The van der Waals surface area contributed by atoms with Crippen molar-refractivity contribution in [1.82, 2.24) is 0 Å². The number of anilines is 1. The van der Waals surface area contributed by atoms with Crippen LogP contribution in [-0.4, -0.2) is 17.6 Å². The zero-order valence-electron chi connectivity index (χ0n) is 19.9. The fourth-order valence-corrected chi connectivity index (χ4v) is 4.20. The van der Waals surface area contributed by atoms with Crippen LogP contribution in [0.1, 0.15) is 82.3 Å². The number of phenols is 1. The molecule has 0 spiro atoms. The Kier molecular flexibility index (Phi) is 12.5. The Morgan fingerprint density at radius 2 is 1.64 bits per heavy atom. The molecule has 6 heteroatoms. The van der Waals surface area contributed by atoms with Crippen LogP contribution in [0.3, 0.4) is 0 Å². The molecule has 182 valence electrons. The second-order valence-corrected chi connectivity index (χ2v) is 9.31. The Morgan fingerprint density at radius 3 is 2.33 bits per heavy atom. The lowest BCUT2D eigenvalue weighted by atomic mass is 10.0. The standard InChI is InChI=1S/C27H37Cl2NO3/c1-3-4-5-6-7-8-9-10-11-14-21-15-12-13-16-24(21)33-18-17-25(31)30-23-19-22(28)20(2)26(29)27(23)32/h12-13,15-16,19,32H,3-11,14,17-18H2,1-2H3,(H,30,31). The van der Waals surface area contributed by atoms with E-state index < -0.39 is 0 Å². The first-order valence-electron chi connectivity index (χ1n) is 12.1. The lowest BCUT2D eigenvalue weighted by molar-refractivity contribution is -0.116. The first-order valence-corrected chi connectivity index (χ1v) is 12.9. The van der Waals surface area contributed by atoms with Crippen molar-refractivity contribution in [3.63, 3.8) is 0 Å². The van der Waals surface area contributed by atoms with Gasteiger partial charge in [-0.25, -0.2) is 0 Å². The van der Waals surface area contributed by atoms with Crippen molar-refractivity contribution >= 4 is 34.8 Å². The zero-order chi connectivity index (χ0) is 24.1. The molecule has 2 aromatic carbocycles. The average Bonchev–Trinajstić information content (AvgIpc) is 2.81. The molecule has 0 aliphatic carbocycles. The van der Waals surface area contributed by atoms with E-state index in [9.17, 15) is 9.90 Å². The lowest BCUT2D eigenvalue weighted by Crippen LogP contribution is -2.15. The number of ether oxygens (including phenoxy) is 1. The minimum Gasteiger partial charge on any atom is -0.504 e. The summed E-state index contributed by atoms with van der Waals surface area (Å²) in [5.74, 6) is 0.367. The van der Waals surface area contributed by atoms with Gasteiger partial charge in [-0.2, -0.15) is 0 Å². The quantitative estimate of drug-likeness (QED) is 0.193. The van der Waals surface area contributed by atoms with Gasteiger partial charge in [-0.15, -0.1) is 0 Å². The largest absolute Gasteiger partial charge is 0.504 e. The third-order valence-corrected chi connectivity index (χ3v) is 6.66. The number of aromatic hydroxyl groups is 1. The highest BCUT2D eigenvalue weighted by molar-refractivity contribution is 6.37. The van der Waals surface area contributed by atoms with E-state index in [1.165, 1.54) is 63.0 Å². The summed E-state index contributed by atoms with van der Waals surface area (Å²) in [6.07, 6.45) is 12.8. The number of rotatable bonds is 15. The van der Waals surface area contributed by atoms with Gasteiger partial charge in [0.2, 0.25) is 5.91 Å². The van der Waals surface area contributed by atoms with E-state index in [0.29, 0.717) is 10.6 Å². The topological polar surface area (TPSA) is 58.6 Å². The van der Waals surface area contributed by atoms with Crippen LogP contribution < -0.4 is 10.1 Å². The normalized spacial score (nSPS) is 10.9. The van der Waals surface area contributed by atoms with Crippen LogP contribution in [0.15, 0.2) is 30.3 Å². The first-order chi connectivity index (χ1) is 15.9. The third-order valence-electron chi connectivity index (χ3n) is 5.80. The SMILES string of the molecule is CCCCCCCCCCCc1ccccc1OCCC(=O)Nc1cc(Cl)c(C)c(Cl)c1O. The van der Waals surface area contributed by atoms with Crippen molar-refractivity contribution in [2.75, 3.05) is 11.9 Å². The van der Waals surface area contributed by atoms with Crippen LogP contribution in [0.2, 0.25) is 10.0 Å². The van der Waals surface area contributed by atoms with Crippen LogP contribution in [0.4, 0.5) is 5.69 Å². The molecule has 0 bridgehead atoms. The van der Waals surface area contributed by atoms with Gasteiger partial charge in [0, 0.05) is 5.02 Å². The second-order valence-electron chi connectivity index (χ2n) is 8.53. The average molecular weight is 495 g/mol. The van der Waals surface area contributed by atoms with Gasteiger partial charge in [0.1, 0.15) is 5.75 Å². The Morgan fingerprint density at radius 1 is 1.00 bits per heavy atom. The van der Waals surface area contributed by atoms with Crippen LogP contribution >= 0.6 is 23.2 Å². The van der Waals surface area contributed by atoms with E-state index in [1.807, 2.05) is 18.2 Å². The molecular weight excluding hydrogens is 457 g/mol. The van der Waals surface area contributed by atoms with Gasteiger partial charge < -0.3 is 15.2 Å². The molecular formula is C27H37Cl2NO3. The van der Waals surface area contributed by atoms with Crippen molar-refractivity contribution in [2.24, 2.45) is 0 Å². The smallest absolute Gasteiger partial charge is 0.227 e. The third kappa shape index (κ3) is 9.46. The predicted molar refractivity (Wildman–Crippen MR) is 139 cm³/mol. The van der Waals surface area contributed by atoms with E-state index in [-0.39, 0.29) is 35.4 Å². The Balaban J connectivity index is 1.73. The molecule has 1 amide bonds. The minimum absolute atomic E-state index is 0.138. The van der Waals surface area contributed by atoms with Crippen LogP contribution in [0.25, 0.3) is 0 Å². The molecule has 0 heterocycles. The molecule has 33 heavy (non-hydrogen) atoms. The molecule has 2 N–H and O–H groups in total. The molecule has 4 nitrogen and oxygen atoms in total. The molecule has 0 fully saturated rings. The molecule has 0 atom stereocenters. The summed E-state index contributed by atoms with van der Waals surface area (Å²) in [6.45, 7) is 4.20. The fraction of sp³-hybridized carbons (Fsp3) is 0.519. The number of amides is 1. The van der Waals surface area contributed by atoms with E-state index in [0.717, 1.165) is 18.6 Å². The summed E-state index contributed by atoms with van der Waals surface area (Å²) in [7, 11) is 0. The summed E-state index contributed by atoms with van der Waals surface area (Å²) < 4.78 is 5.90. The molecule has 2 aromatic rings. The van der Waals surface area contributed by atoms with E-state index in [4.69, 9.17) is 27.9 Å². The van der Waals surface area contributed by atoms with Gasteiger partial charge in [0.15, 0.2) is 5.75 Å². The van der Waals surface area contributed by atoms with E-state index in [1.54, 1.807) is 6.92 Å². The number of phenolic OH excluding ortho intramolecular Hbond substituents is 1. The molecule has 0 radical (unpaired) electrons. The molecule has 0 unspecified atom stereocenters. The number of para-hydroxylation sites is 1. The Bertz CT molecular complexity index is 886. The van der Waals surface area contributed by atoms with Crippen LogP contribution in [-0.2, 0) is 11.2 Å². The molecule has 0 aliphatic rings. The molecule has 0 saturated heterocycles. The highest BCUT2D eigenvalue weighted by Gasteiger charge is 2.15. The number of hydrogen-bond acceptors (Lipinski definition) is 3. The van der Waals surface area contributed by atoms with Crippen LogP contribution in [0.5, 0.6) is 11.5 Å². The van der Waals surface area contributed by atoms with Crippen molar-refractivity contribution < 1.29 is 14.6 Å². The summed E-state index contributed by atoms with van der Waals surface area (Å²) in [6, 6.07) is 9.51. The maximum absolute atomic E-state index is 12.3. The van der Waals surface area contributed by atoms with Gasteiger partial charge in [-0.3, -0.25) is 4.79 Å². The van der Waals surface area contributed by atoms with Crippen molar-refractivity contribution in [1.29, 1.82) is 0 Å². The van der Waals surface area contributed by atoms with Gasteiger partial charge in [-0.1, -0.05) is 99.7 Å². The second kappa shape index (κ2) is 15.1. The summed E-state index contributed by atoms with van der Waals surface area (Å²) in [5, 5.41) is 13.3. The number of carbonyl (C=O) groups is 1. The first kappa shape index (κ1) is 27.3. The van der Waals surface area contributed by atoms with Crippen molar-refractivity contribution in [2.45, 2.75) is 84.5 Å². The number of aryl methyl sites for hydroxylation is 1. The predicted octanol–water partition coefficient (Wildman–Crippen LogP) is 8.49. The number of hydrogen-bond donors (Lipinski definition) is 2. The van der Waals surface area contributed by atoms with Gasteiger partial charge in [0.25, 0.3) is 0 Å². The Hall–Kier alpha value is -1.91. The highest BCUT2D eigenvalue weighted by atomic mass is 35.5. The highest BCUT2D eigenvalue weighted by Crippen LogP contribution is 2.38. The monoisotopic (exact) mass is 493 g/mol. The molecule has 0 aliphatic heterocycles. The maximum Gasteiger partial charge on any atom is 0.227 e. The Labute approximate surface area is 208 Å². The van der Waals surface area contributed by atoms with Gasteiger partial charge in [0.05, 0.1) is 23.7 Å². The molecule has 2 rings (SSSR count). The van der Waals surface area contributed by atoms with Crippen LogP contribution in [0, 0.1) is 6.92 Å². The number of halogens is 2. The number of benzene rings is 2. The van der Waals surface area contributed by atoms with Crippen molar-refractivity contribution in [3.8, 4) is 11.5 Å². The maximum atomic E-state index is 12.3. The molecule has 0 saturated carbocycles. The number of nitrogens with one attached hydrogen (secondary N) is 1. The number of carbonyl (C=O) groups excluding carboxylic acids is 1. The molecule has 0 aromatic heterocycles. The fourth-order valence-electron chi connectivity index (χ4n) is 3.74. The lowest BCUT2D eigenvalue weighted by Gasteiger charge is -2.13. The zero-order valence-corrected chi connectivity index (χ0v) is 21.4. The van der Waals surface area contributed by atoms with E-state index >= 15 is 0 Å².